The van der Waals surface area contributed by atoms with Gasteiger partial charge in [0.1, 0.15) is 0 Å². The van der Waals surface area contributed by atoms with Crippen LogP contribution in [0.15, 0.2) is 33.5 Å². The van der Waals surface area contributed by atoms with E-state index in [1.807, 2.05) is 12.5 Å². The SMILES string of the molecule is CC(C)(C)c1ccoc1P[C]12[CH]3[CH]4[CH]5[CH]1[Fe]45321678[CH]2[CH]1[CH]6[C]7(Pc1occc1C(C)(C)C)[CH]28. The fourth-order valence-corrected chi connectivity index (χ4v) is 119. The third-order valence-electron chi connectivity index (χ3n) is 18.4. The molecular formula is C26H32FeO2P2. The Bertz CT molecular complexity index is 1600. The van der Waals surface area contributed by atoms with E-state index in [-0.39, 0.29) is 10.8 Å². The van der Waals surface area contributed by atoms with E-state index in [1.165, 1.54) is 60.7 Å². The van der Waals surface area contributed by atoms with Crippen LogP contribution in [0.4, 0.5) is 0 Å². The summed E-state index contributed by atoms with van der Waals surface area (Å²) < 4.78 is 14.3. The Morgan fingerprint density at radius 2 is 1.03 bits per heavy atom. The van der Waals surface area contributed by atoms with Gasteiger partial charge in [0.2, 0.25) is 0 Å². The molecule has 0 aliphatic carbocycles. The molecule has 12 heterocycles. The quantitative estimate of drug-likeness (QED) is 0.339. The van der Waals surface area contributed by atoms with E-state index in [0.29, 0.717) is 0 Å². The number of hydrogen-bond acceptors (Lipinski definition) is 2. The van der Waals surface area contributed by atoms with E-state index in [9.17, 15) is 0 Å². The van der Waals surface area contributed by atoms with Crippen molar-refractivity contribution in [1.29, 1.82) is 0 Å². The molecule has 10 atom stereocenters. The van der Waals surface area contributed by atoms with Crippen LogP contribution in [-0.2, 0) is 17.3 Å². The Kier molecular flexibility index (Phi) is 1.000. The number of fused-ring (bicyclic) bond motifs is 10. The fourth-order valence-electron chi connectivity index (χ4n) is 19.5. The molecule has 10 saturated heterocycles. The first-order valence-corrected chi connectivity index (χ1v) is 20.5. The van der Waals surface area contributed by atoms with Crippen LogP contribution in [0.3, 0.4) is 0 Å². The zero-order valence-electron chi connectivity index (χ0n) is 19.1. The number of furan rings is 2. The van der Waals surface area contributed by atoms with Crippen LogP contribution in [0, 0.1) is 0 Å². The maximum atomic E-state index is 6.31. The fraction of sp³-hybridized carbons (Fsp3) is 0.692. The predicted molar refractivity (Wildman–Crippen MR) is 126 cm³/mol. The van der Waals surface area contributed by atoms with Gasteiger partial charge in [-0.2, -0.15) is 0 Å². The Morgan fingerprint density at radius 1 is 0.677 bits per heavy atom. The van der Waals surface area contributed by atoms with Crippen LogP contribution in [0.5, 0.6) is 0 Å². The van der Waals surface area contributed by atoms with Gasteiger partial charge in [0.25, 0.3) is 0 Å². The van der Waals surface area contributed by atoms with Gasteiger partial charge < -0.3 is 0 Å². The van der Waals surface area contributed by atoms with Crippen LogP contribution in [0.1, 0.15) is 52.7 Å². The predicted octanol–water partition coefficient (Wildman–Crippen LogP) is 6.98. The summed E-state index contributed by atoms with van der Waals surface area (Å²) in [5.41, 5.74) is 6.29. The van der Waals surface area contributed by atoms with Gasteiger partial charge in [-0.05, 0) is 0 Å². The first-order chi connectivity index (χ1) is 14.3. The summed E-state index contributed by atoms with van der Waals surface area (Å²) in [6.07, 6.45) is 4.01. The molecule has 0 bridgehead atoms. The van der Waals surface area contributed by atoms with Crippen LogP contribution in [0.2, 0.25) is 38.5 Å². The van der Waals surface area contributed by atoms with Crippen LogP contribution in [-0.4, -0.2) is 8.11 Å². The zero-order chi connectivity index (χ0) is 20.9. The molecule has 2 aromatic rings. The van der Waals surface area contributed by atoms with Crippen molar-refractivity contribution in [2.45, 2.75) is 99.0 Å². The normalized spacial score (nSPS) is 75.2. The molecule has 10 fully saturated rings. The summed E-state index contributed by atoms with van der Waals surface area (Å²) in [6.45, 7) is 10.8. The first-order valence-electron chi connectivity index (χ1n) is 12.3. The summed E-state index contributed by atoms with van der Waals surface area (Å²) >= 11 is 0. The number of rotatable bonds is 4. The standard InChI is InChI=1S/2C13H16OP.Fe/c2*1-13(2,3)11-8-9-14-12(11)15-10-6-4-5-7-10;/h2*4-9,15H,1-3H3;. The molecule has 0 amide bonds. The monoisotopic (exact) mass is 494 g/mol. The third-order valence-corrected chi connectivity index (χ3v) is 73.1. The van der Waals surface area contributed by atoms with Crippen molar-refractivity contribution in [3.05, 3.63) is 35.8 Å². The Balaban J connectivity index is 1.09. The van der Waals surface area contributed by atoms with Gasteiger partial charge in [-0.15, -0.1) is 0 Å². The minimum absolute atomic E-state index is 0.207. The first kappa shape index (κ1) is 15.8. The van der Waals surface area contributed by atoms with Gasteiger partial charge in [0.05, 0.1) is 0 Å². The summed E-state index contributed by atoms with van der Waals surface area (Å²) in [5.74, 6) is 0. The molecule has 31 heavy (non-hydrogen) atoms. The Hall–Kier alpha value is -0.0605. The molecular weight excluding hydrogens is 462 g/mol. The third kappa shape index (κ3) is 0.326. The topological polar surface area (TPSA) is 26.3 Å². The van der Waals surface area contributed by atoms with Crippen LogP contribution < -0.4 is 11.0 Å². The van der Waals surface area contributed by atoms with Crippen LogP contribution >= 0.6 is 17.2 Å². The Morgan fingerprint density at radius 3 is 1.32 bits per heavy atom. The second kappa shape index (κ2) is 1.97. The molecule has 10 aliphatic rings. The zero-order valence-corrected chi connectivity index (χ0v) is 22.2. The second-order valence-corrected chi connectivity index (χ2v) is 44.1. The van der Waals surface area contributed by atoms with Crippen molar-refractivity contribution in [2.75, 3.05) is 0 Å². The van der Waals surface area contributed by atoms with E-state index in [1.54, 1.807) is 0 Å². The molecule has 166 valence electrons. The van der Waals surface area contributed by atoms with Crippen molar-refractivity contribution < 1.29 is 15.3 Å². The summed E-state index contributed by atoms with van der Waals surface area (Å²) in [4.78, 5) is 10.4. The van der Waals surface area contributed by atoms with E-state index >= 15 is 0 Å². The molecule has 2 nitrogen and oxygen atoms in total. The van der Waals surface area contributed by atoms with E-state index in [0.717, 1.165) is 25.3 Å². The van der Waals surface area contributed by atoms with Gasteiger partial charge in [0.15, 0.2) is 0 Å². The second-order valence-electron chi connectivity index (χ2n) is 16.9. The molecule has 10 aliphatic heterocycles. The molecule has 0 aromatic carbocycles. The van der Waals surface area contributed by atoms with Crippen molar-refractivity contribution in [1.82, 2.24) is 0 Å². The van der Waals surface area contributed by atoms with E-state index < -0.39 is 6.51 Å². The average Bonchev–Trinajstić information content (AvgIpc) is 3.50. The van der Waals surface area contributed by atoms with Gasteiger partial charge in [-0.3, -0.25) is 0 Å². The molecule has 5 heteroatoms. The summed E-state index contributed by atoms with van der Waals surface area (Å²) in [6, 6.07) is 4.59. The van der Waals surface area contributed by atoms with Crippen LogP contribution in [0.25, 0.3) is 0 Å². The average molecular weight is 494 g/mol. The van der Waals surface area contributed by atoms with Gasteiger partial charge >= 0.3 is 178 Å². The molecule has 2 aromatic heterocycles. The summed E-state index contributed by atoms with van der Waals surface area (Å²) in [7, 11) is 2.03. The summed E-state index contributed by atoms with van der Waals surface area (Å²) in [5, 5.41) is 0. The van der Waals surface area contributed by atoms with Gasteiger partial charge in [-0.25, -0.2) is 0 Å². The van der Waals surface area contributed by atoms with Gasteiger partial charge in [0, 0.05) is 0 Å². The van der Waals surface area contributed by atoms with Crippen molar-refractivity contribution in [3.63, 3.8) is 0 Å². The van der Waals surface area contributed by atoms with Crippen molar-refractivity contribution >= 4 is 28.2 Å². The molecule has 10 unspecified atom stereocenters. The molecule has 0 saturated carbocycles. The molecule has 12 rings (SSSR count). The molecule has 0 radical (unpaired) electrons. The molecule has 1 spiro atoms. The minimum atomic E-state index is -3.47. The Labute approximate surface area is 177 Å². The van der Waals surface area contributed by atoms with E-state index in [2.05, 4.69) is 53.7 Å². The van der Waals surface area contributed by atoms with Crippen molar-refractivity contribution in [3.8, 4) is 0 Å². The van der Waals surface area contributed by atoms with Gasteiger partial charge in [-0.1, -0.05) is 0 Å². The van der Waals surface area contributed by atoms with Crippen molar-refractivity contribution in [2.24, 2.45) is 0 Å². The van der Waals surface area contributed by atoms with E-state index in [4.69, 9.17) is 8.83 Å². The maximum absolute atomic E-state index is 6.31. The number of hydrogen-bond donors (Lipinski definition) is 0. The molecule has 0 N–H and O–H groups in total.